The number of aromatic amines is 1. The van der Waals surface area contributed by atoms with Crippen LogP contribution in [0, 0.1) is 6.92 Å². The minimum Gasteiger partial charge on any atom is -0.446 e. The number of ether oxygens (including phenoxy) is 1. The van der Waals surface area contributed by atoms with Gasteiger partial charge in [0.15, 0.2) is 11.6 Å². The minimum atomic E-state index is -0.307. The molecule has 2 atom stereocenters. The summed E-state index contributed by atoms with van der Waals surface area (Å²) in [5.74, 6) is 1.54. The predicted octanol–water partition coefficient (Wildman–Crippen LogP) is 2.66. The molecule has 150 valence electrons. The van der Waals surface area contributed by atoms with E-state index in [0.717, 1.165) is 37.8 Å². The third-order valence-electron chi connectivity index (χ3n) is 5.50. The summed E-state index contributed by atoms with van der Waals surface area (Å²) in [6, 6.07) is 1.96. The zero-order chi connectivity index (χ0) is 19.7. The number of hydrogen-bond acceptors (Lipinski definition) is 7. The molecule has 0 unspecified atom stereocenters. The molecule has 2 aliphatic carbocycles. The van der Waals surface area contributed by atoms with E-state index < -0.39 is 0 Å². The standard InChI is InChI=1S/C19H26N6O3/c1-11-17(20-9-13(10-26)21-11)22-16-8-15(24-25-16)12-3-4-14(7-12)28-18(27)23-19(2)5-6-19/h8-9,12,14,26H,3-7,10H2,1-2H3,(H,23,27)(H2,20,22,24,25)/t12-,14+/m0/s1. The van der Waals surface area contributed by atoms with Gasteiger partial charge in [0.05, 0.1) is 24.2 Å². The Kier molecular flexibility index (Phi) is 4.92. The monoisotopic (exact) mass is 386 g/mol. The fourth-order valence-corrected chi connectivity index (χ4v) is 3.53. The molecule has 1 amide bonds. The zero-order valence-electron chi connectivity index (χ0n) is 16.2. The summed E-state index contributed by atoms with van der Waals surface area (Å²) in [5.41, 5.74) is 2.18. The fourth-order valence-electron chi connectivity index (χ4n) is 3.53. The second-order valence-corrected chi connectivity index (χ2v) is 8.01. The van der Waals surface area contributed by atoms with Gasteiger partial charge in [0.2, 0.25) is 0 Å². The van der Waals surface area contributed by atoms with Gasteiger partial charge in [0, 0.05) is 23.2 Å². The van der Waals surface area contributed by atoms with Gasteiger partial charge in [0.25, 0.3) is 0 Å². The molecule has 2 heterocycles. The largest absolute Gasteiger partial charge is 0.446 e. The number of nitrogens with zero attached hydrogens (tertiary/aromatic N) is 3. The number of carbonyl (C=O) groups excluding carboxylic acids is 1. The van der Waals surface area contributed by atoms with Gasteiger partial charge >= 0.3 is 6.09 Å². The Hall–Kier alpha value is -2.68. The first-order valence-corrected chi connectivity index (χ1v) is 9.68. The molecule has 4 rings (SSSR count). The van der Waals surface area contributed by atoms with Gasteiger partial charge in [-0.05, 0) is 46.0 Å². The molecular formula is C19H26N6O3. The quantitative estimate of drug-likeness (QED) is 0.601. The van der Waals surface area contributed by atoms with Crippen LogP contribution in [0.15, 0.2) is 12.3 Å². The first-order chi connectivity index (χ1) is 13.4. The number of aryl methyl sites for hydroxylation is 1. The van der Waals surface area contributed by atoms with Crippen molar-refractivity contribution in [1.29, 1.82) is 0 Å². The van der Waals surface area contributed by atoms with Crippen LogP contribution in [0.5, 0.6) is 0 Å². The molecule has 2 aromatic rings. The lowest BCUT2D eigenvalue weighted by molar-refractivity contribution is 0.0967. The maximum Gasteiger partial charge on any atom is 0.407 e. The Bertz CT molecular complexity index is 863. The highest BCUT2D eigenvalue weighted by Crippen LogP contribution is 2.37. The van der Waals surface area contributed by atoms with Crippen molar-refractivity contribution in [2.24, 2.45) is 0 Å². The molecule has 9 heteroatoms. The van der Waals surface area contributed by atoms with E-state index in [1.165, 1.54) is 6.20 Å². The molecule has 28 heavy (non-hydrogen) atoms. The zero-order valence-corrected chi connectivity index (χ0v) is 16.2. The predicted molar refractivity (Wildman–Crippen MR) is 102 cm³/mol. The van der Waals surface area contributed by atoms with E-state index in [4.69, 9.17) is 9.84 Å². The van der Waals surface area contributed by atoms with Crippen LogP contribution < -0.4 is 10.6 Å². The van der Waals surface area contributed by atoms with Crippen LogP contribution in [-0.2, 0) is 11.3 Å². The number of rotatable bonds is 6. The number of aliphatic hydroxyl groups is 1. The van der Waals surface area contributed by atoms with E-state index >= 15 is 0 Å². The van der Waals surface area contributed by atoms with Crippen LogP contribution in [0.4, 0.5) is 16.4 Å². The van der Waals surface area contributed by atoms with E-state index in [1.54, 1.807) is 0 Å². The van der Waals surface area contributed by atoms with Crippen molar-refractivity contribution in [3.8, 4) is 0 Å². The number of hydrogen-bond donors (Lipinski definition) is 4. The lowest BCUT2D eigenvalue weighted by atomic mass is 10.0. The number of H-pyrrole nitrogens is 1. The van der Waals surface area contributed by atoms with Gasteiger partial charge in [-0.25, -0.2) is 9.78 Å². The molecule has 0 aliphatic heterocycles. The molecule has 0 spiro atoms. The fraction of sp³-hybridized carbons (Fsp3) is 0.579. The molecule has 2 aliphatic rings. The minimum absolute atomic E-state index is 0.0601. The highest BCUT2D eigenvalue weighted by molar-refractivity contribution is 5.69. The van der Waals surface area contributed by atoms with Crippen LogP contribution in [0.25, 0.3) is 0 Å². The first kappa shape index (κ1) is 18.7. The number of aliphatic hydroxyl groups excluding tert-OH is 1. The van der Waals surface area contributed by atoms with E-state index in [9.17, 15) is 4.79 Å². The summed E-state index contributed by atoms with van der Waals surface area (Å²) in [7, 11) is 0. The number of aromatic nitrogens is 4. The molecule has 0 aromatic carbocycles. The Balaban J connectivity index is 1.32. The molecular weight excluding hydrogens is 360 g/mol. The molecule has 9 nitrogen and oxygen atoms in total. The van der Waals surface area contributed by atoms with Crippen molar-refractivity contribution >= 4 is 17.7 Å². The maximum absolute atomic E-state index is 12.0. The number of alkyl carbamates (subject to hydrolysis) is 1. The van der Waals surface area contributed by atoms with Crippen LogP contribution in [0.3, 0.4) is 0 Å². The van der Waals surface area contributed by atoms with Gasteiger partial charge in [-0.2, -0.15) is 5.10 Å². The highest BCUT2D eigenvalue weighted by atomic mass is 16.6. The number of anilines is 2. The summed E-state index contributed by atoms with van der Waals surface area (Å²) in [6.07, 6.45) is 5.79. The van der Waals surface area contributed by atoms with Gasteiger partial charge in [-0.3, -0.25) is 10.1 Å². The van der Waals surface area contributed by atoms with Crippen LogP contribution in [-0.4, -0.2) is 43.0 Å². The second-order valence-electron chi connectivity index (χ2n) is 8.01. The van der Waals surface area contributed by atoms with Crippen molar-refractivity contribution in [2.75, 3.05) is 5.32 Å². The van der Waals surface area contributed by atoms with E-state index in [0.29, 0.717) is 23.0 Å². The molecule has 4 N–H and O–H groups in total. The summed E-state index contributed by atoms with van der Waals surface area (Å²) >= 11 is 0. The van der Waals surface area contributed by atoms with Crippen molar-refractivity contribution < 1.29 is 14.6 Å². The second kappa shape index (κ2) is 7.38. The Labute approximate surface area is 163 Å². The van der Waals surface area contributed by atoms with Crippen molar-refractivity contribution in [1.82, 2.24) is 25.5 Å². The van der Waals surface area contributed by atoms with Crippen LogP contribution in [0.2, 0.25) is 0 Å². The van der Waals surface area contributed by atoms with Gasteiger partial charge in [-0.15, -0.1) is 0 Å². The van der Waals surface area contributed by atoms with Crippen LogP contribution >= 0.6 is 0 Å². The topological polar surface area (TPSA) is 125 Å². The molecule has 2 aromatic heterocycles. The number of amides is 1. The van der Waals surface area contributed by atoms with Crippen molar-refractivity contribution in [3.63, 3.8) is 0 Å². The van der Waals surface area contributed by atoms with Gasteiger partial charge < -0.3 is 20.5 Å². The lowest BCUT2D eigenvalue weighted by Crippen LogP contribution is -2.36. The van der Waals surface area contributed by atoms with Crippen LogP contribution in [0.1, 0.15) is 62.0 Å². The van der Waals surface area contributed by atoms with Gasteiger partial charge in [0.1, 0.15) is 6.10 Å². The molecule has 0 bridgehead atoms. The maximum atomic E-state index is 12.0. The van der Waals surface area contributed by atoms with E-state index in [2.05, 4.69) is 30.8 Å². The Morgan fingerprint density at radius 2 is 2.25 bits per heavy atom. The number of nitrogens with one attached hydrogen (secondary N) is 3. The average molecular weight is 386 g/mol. The van der Waals surface area contributed by atoms with Gasteiger partial charge in [-0.1, -0.05) is 0 Å². The SMILES string of the molecule is Cc1nc(CO)cnc1Nc1cc([C@H]2CC[C@@H](OC(=O)NC3(C)CC3)C2)[nH]n1. The summed E-state index contributed by atoms with van der Waals surface area (Å²) < 4.78 is 5.58. The molecule has 0 saturated heterocycles. The summed E-state index contributed by atoms with van der Waals surface area (Å²) in [6.45, 7) is 3.73. The van der Waals surface area contributed by atoms with Crippen molar-refractivity contribution in [3.05, 3.63) is 29.3 Å². The Morgan fingerprint density at radius 1 is 1.43 bits per heavy atom. The highest BCUT2D eigenvalue weighted by Gasteiger charge is 2.40. The van der Waals surface area contributed by atoms with E-state index in [-0.39, 0.29) is 30.3 Å². The van der Waals surface area contributed by atoms with E-state index in [1.807, 2.05) is 19.9 Å². The Morgan fingerprint density at radius 3 is 2.96 bits per heavy atom. The van der Waals surface area contributed by atoms with Crippen molar-refractivity contribution in [2.45, 2.75) is 70.1 Å². The molecule has 2 fully saturated rings. The lowest BCUT2D eigenvalue weighted by Gasteiger charge is -2.16. The molecule has 0 radical (unpaired) electrons. The average Bonchev–Trinajstić information content (AvgIpc) is 3.05. The first-order valence-electron chi connectivity index (χ1n) is 9.68. The normalized spacial score (nSPS) is 22.7. The smallest absolute Gasteiger partial charge is 0.407 e. The third kappa shape index (κ3) is 4.24. The molecule has 2 saturated carbocycles. The summed E-state index contributed by atoms with van der Waals surface area (Å²) in [4.78, 5) is 20.5. The summed E-state index contributed by atoms with van der Waals surface area (Å²) in [5, 5.41) is 22.6. The number of carbonyl (C=O) groups is 1. The third-order valence-corrected chi connectivity index (χ3v) is 5.50.